The van der Waals surface area contributed by atoms with Gasteiger partial charge < -0.3 is 10.1 Å². The SMILES string of the molecule is Cc1ccc(S(=O)(=O)OC[C@@H]2CNC(=O)O2)cc1.[HH]. The van der Waals surface area contributed by atoms with E-state index in [-0.39, 0.29) is 19.5 Å². The lowest BCUT2D eigenvalue weighted by Gasteiger charge is -2.09. The molecule has 0 aliphatic carbocycles. The Labute approximate surface area is 107 Å². The van der Waals surface area contributed by atoms with Gasteiger partial charge in [0.15, 0.2) is 0 Å². The lowest BCUT2D eigenvalue weighted by atomic mass is 10.2. The van der Waals surface area contributed by atoms with Crippen LogP contribution in [0.1, 0.15) is 6.99 Å². The number of hydrogen-bond donors (Lipinski definition) is 1. The number of ether oxygens (including phenoxy) is 1. The van der Waals surface area contributed by atoms with Crippen LogP contribution in [0.5, 0.6) is 0 Å². The number of nitrogens with one attached hydrogen (secondary N) is 1. The zero-order valence-electron chi connectivity index (χ0n) is 9.75. The van der Waals surface area contributed by atoms with Crippen LogP contribution in [0.4, 0.5) is 4.79 Å². The van der Waals surface area contributed by atoms with Crippen LogP contribution in [-0.4, -0.2) is 33.8 Å². The largest absolute Gasteiger partial charge is 0.442 e. The number of aryl methyl sites for hydroxylation is 1. The molecule has 0 saturated carbocycles. The van der Waals surface area contributed by atoms with Gasteiger partial charge in [-0.15, -0.1) is 0 Å². The van der Waals surface area contributed by atoms with E-state index in [4.69, 9.17) is 8.92 Å². The van der Waals surface area contributed by atoms with Gasteiger partial charge in [0.1, 0.15) is 12.7 Å². The second-order valence-corrected chi connectivity index (χ2v) is 5.58. The van der Waals surface area contributed by atoms with Crippen molar-refractivity contribution in [2.45, 2.75) is 17.9 Å². The van der Waals surface area contributed by atoms with Gasteiger partial charge in [-0.25, -0.2) is 4.79 Å². The van der Waals surface area contributed by atoms with E-state index >= 15 is 0 Å². The van der Waals surface area contributed by atoms with Crippen molar-refractivity contribution < 1.29 is 23.6 Å². The van der Waals surface area contributed by atoms with E-state index < -0.39 is 22.3 Å². The summed E-state index contributed by atoms with van der Waals surface area (Å²) in [6.45, 7) is 1.93. The molecule has 1 aromatic carbocycles. The van der Waals surface area contributed by atoms with Crippen molar-refractivity contribution in [2.75, 3.05) is 13.2 Å². The fraction of sp³-hybridized carbons (Fsp3) is 0.364. The summed E-state index contributed by atoms with van der Waals surface area (Å²) in [6, 6.07) is 6.33. The fourth-order valence-corrected chi connectivity index (χ4v) is 2.40. The molecule has 100 valence electrons. The summed E-state index contributed by atoms with van der Waals surface area (Å²) >= 11 is 0. The molecular weight excluding hydrogens is 258 g/mol. The van der Waals surface area contributed by atoms with E-state index in [0.717, 1.165) is 5.56 Å². The fourth-order valence-electron chi connectivity index (χ4n) is 1.46. The minimum atomic E-state index is -3.80. The second kappa shape index (κ2) is 4.95. The summed E-state index contributed by atoms with van der Waals surface area (Å²) in [7, 11) is -3.80. The van der Waals surface area contributed by atoms with E-state index in [1.165, 1.54) is 12.1 Å². The normalized spacial score (nSPS) is 19.4. The van der Waals surface area contributed by atoms with Crippen LogP contribution in [0.15, 0.2) is 29.2 Å². The van der Waals surface area contributed by atoms with Crippen molar-refractivity contribution in [3.05, 3.63) is 29.8 Å². The summed E-state index contributed by atoms with van der Waals surface area (Å²) in [4.78, 5) is 10.8. The Morgan fingerprint density at radius 1 is 1.44 bits per heavy atom. The molecule has 0 radical (unpaired) electrons. The predicted molar refractivity (Wildman–Crippen MR) is 64.7 cm³/mol. The Morgan fingerprint density at radius 2 is 2.11 bits per heavy atom. The quantitative estimate of drug-likeness (QED) is 0.829. The van der Waals surface area contributed by atoms with E-state index in [2.05, 4.69) is 5.32 Å². The zero-order valence-corrected chi connectivity index (χ0v) is 10.6. The number of benzene rings is 1. The maximum atomic E-state index is 11.8. The topological polar surface area (TPSA) is 81.7 Å². The van der Waals surface area contributed by atoms with Gasteiger partial charge in [0.2, 0.25) is 0 Å². The van der Waals surface area contributed by atoms with Crippen LogP contribution in [0.2, 0.25) is 0 Å². The molecule has 1 atom stereocenters. The van der Waals surface area contributed by atoms with Gasteiger partial charge in [0, 0.05) is 1.43 Å². The highest BCUT2D eigenvalue weighted by Crippen LogP contribution is 2.14. The van der Waals surface area contributed by atoms with Gasteiger partial charge in [-0.05, 0) is 19.1 Å². The smallest absolute Gasteiger partial charge is 0.407 e. The average Bonchev–Trinajstić information content (AvgIpc) is 2.73. The maximum absolute atomic E-state index is 11.8. The van der Waals surface area contributed by atoms with Crippen molar-refractivity contribution in [3.63, 3.8) is 0 Å². The molecule has 6 nitrogen and oxygen atoms in total. The molecule has 1 amide bonds. The van der Waals surface area contributed by atoms with Crippen molar-refractivity contribution >= 4 is 16.2 Å². The Balaban J connectivity index is 0.00000180. The lowest BCUT2D eigenvalue weighted by molar-refractivity contribution is 0.107. The van der Waals surface area contributed by atoms with Crippen molar-refractivity contribution in [2.24, 2.45) is 0 Å². The molecule has 1 fully saturated rings. The molecular formula is C11H15NO5S. The van der Waals surface area contributed by atoms with Gasteiger partial charge in [-0.1, -0.05) is 17.7 Å². The van der Waals surface area contributed by atoms with Crippen molar-refractivity contribution in [1.82, 2.24) is 5.32 Å². The van der Waals surface area contributed by atoms with Crippen molar-refractivity contribution in [1.29, 1.82) is 0 Å². The summed E-state index contributed by atoms with van der Waals surface area (Å²) < 4.78 is 33.2. The highest BCUT2D eigenvalue weighted by atomic mass is 32.2. The molecule has 1 aliphatic heterocycles. The molecule has 1 heterocycles. The Kier molecular flexibility index (Phi) is 3.53. The highest BCUT2D eigenvalue weighted by molar-refractivity contribution is 7.86. The minimum absolute atomic E-state index is 0. The second-order valence-electron chi connectivity index (χ2n) is 3.96. The number of alkyl carbamates (subject to hydrolysis) is 1. The number of amides is 1. The lowest BCUT2D eigenvalue weighted by Crippen LogP contribution is -2.22. The number of rotatable bonds is 4. The number of cyclic esters (lactones) is 1. The third kappa shape index (κ3) is 2.99. The van der Waals surface area contributed by atoms with Gasteiger partial charge in [-0.2, -0.15) is 8.42 Å². The summed E-state index contributed by atoms with van der Waals surface area (Å²) in [5.41, 5.74) is 0.961. The van der Waals surface area contributed by atoms with E-state index in [0.29, 0.717) is 0 Å². The average molecular weight is 273 g/mol. The van der Waals surface area contributed by atoms with Crippen LogP contribution >= 0.6 is 0 Å². The molecule has 0 unspecified atom stereocenters. The molecule has 0 spiro atoms. The summed E-state index contributed by atoms with van der Waals surface area (Å²) in [5.74, 6) is 0. The molecule has 1 N–H and O–H groups in total. The molecule has 18 heavy (non-hydrogen) atoms. The Morgan fingerprint density at radius 3 is 2.67 bits per heavy atom. The first-order chi connectivity index (χ1) is 8.47. The zero-order chi connectivity index (χ0) is 13.2. The van der Waals surface area contributed by atoms with Gasteiger partial charge in [0.25, 0.3) is 10.1 Å². The molecule has 0 bridgehead atoms. The third-order valence-corrected chi connectivity index (χ3v) is 3.76. The first kappa shape index (κ1) is 12.8. The monoisotopic (exact) mass is 273 g/mol. The molecule has 0 aromatic heterocycles. The minimum Gasteiger partial charge on any atom is -0.442 e. The molecule has 1 aromatic rings. The van der Waals surface area contributed by atoms with Gasteiger partial charge >= 0.3 is 6.09 Å². The van der Waals surface area contributed by atoms with E-state index in [9.17, 15) is 13.2 Å². The molecule has 1 aliphatic rings. The molecule has 2 rings (SSSR count). The van der Waals surface area contributed by atoms with Crippen molar-refractivity contribution in [3.8, 4) is 0 Å². The van der Waals surface area contributed by atoms with Crippen LogP contribution in [0.25, 0.3) is 0 Å². The van der Waals surface area contributed by atoms with Crippen LogP contribution < -0.4 is 5.32 Å². The highest BCUT2D eigenvalue weighted by Gasteiger charge is 2.25. The van der Waals surface area contributed by atoms with Crippen LogP contribution in [0, 0.1) is 6.92 Å². The third-order valence-electron chi connectivity index (χ3n) is 2.47. The molecule has 7 heteroatoms. The Hall–Kier alpha value is -1.60. The maximum Gasteiger partial charge on any atom is 0.407 e. The number of hydrogen-bond acceptors (Lipinski definition) is 5. The number of carbonyl (C=O) groups is 1. The summed E-state index contributed by atoms with van der Waals surface area (Å²) in [6.07, 6.45) is -1.13. The van der Waals surface area contributed by atoms with Gasteiger partial charge in [-0.3, -0.25) is 4.18 Å². The van der Waals surface area contributed by atoms with E-state index in [1.54, 1.807) is 12.1 Å². The summed E-state index contributed by atoms with van der Waals surface area (Å²) in [5, 5.41) is 2.42. The van der Waals surface area contributed by atoms with Crippen LogP contribution in [-0.2, 0) is 19.0 Å². The van der Waals surface area contributed by atoms with Gasteiger partial charge in [0.05, 0.1) is 11.4 Å². The Bertz CT molecular complexity index is 543. The first-order valence-corrected chi connectivity index (χ1v) is 6.79. The van der Waals surface area contributed by atoms with Crippen LogP contribution in [0.3, 0.4) is 0 Å². The first-order valence-electron chi connectivity index (χ1n) is 5.38. The molecule has 1 saturated heterocycles. The predicted octanol–water partition coefficient (Wildman–Crippen LogP) is 1.05. The van der Waals surface area contributed by atoms with E-state index in [1.807, 2.05) is 6.92 Å². The number of carbonyl (C=O) groups excluding carboxylic acids is 1. The standard InChI is InChI=1S/C11H13NO5S.H2/c1-8-2-4-10(5-3-8)18(14,15)16-7-9-6-12-11(13)17-9;/h2-5,9H,6-7H2,1H3,(H,12,13);1H/t9-;/m0./s1.